The van der Waals surface area contributed by atoms with Gasteiger partial charge in [-0.15, -0.1) is 0 Å². The van der Waals surface area contributed by atoms with Gasteiger partial charge in [-0.2, -0.15) is 0 Å². The lowest BCUT2D eigenvalue weighted by molar-refractivity contribution is 0.478. The average Bonchev–Trinajstić information content (AvgIpc) is 3.01. The molecule has 0 saturated carbocycles. The third-order valence-electron chi connectivity index (χ3n) is 6.99. The van der Waals surface area contributed by atoms with E-state index in [1.165, 1.54) is 22.5 Å². The molecule has 0 N–H and O–H groups in total. The van der Waals surface area contributed by atoms with E-state index in [1.54, 1.807) is 0 Å². The molecular weight excluding hydrogens is 404 g/mol. The van der Waals surface area contributed by atoms with Crippen molar-refractivity contribution in [2.45, 2.75) is 51.9 Å². The number of allylic oxidation sites excluding steroid dienone is 2. The Morgan fingerprint density at radius 2 is 1.52 bits per heavy atom. The molecule has 0 bridgehead atoms. The number of benzene rings is 3. The predicted molar refractivity (Wildman–Crippen MR) is 140 cm³/mol. The van der Waals surface area contributed by atoms with Gasteiger partial charge in [-0.25, -0.2) is 0 Å². The topological polar surface area (TPSA) is 24.8 Å². The van der Waals surface area contributed by atoms with E-state index in [0.29, 0.717) is 0 Å². The molecule has 1 aliphatic rings. The van der Waals surface area contributed by atoms with E-state index in [-0.39, 0.29) is 10.8 Å². The van der Waals surface area contributed by atoms with Gasteiger partial charge in [0.1, 0.15) is 11.5 Å². The molecule has 0 saturated heterocycles. The summed E-state index contributed by atoms with van der Waals surface area (Å²) in [6.45, 7) is 11.3. The number of anilines is 1. The van der Waals surface area contributed by atoms with E-state index in [4.69, 9.17) is 4.74 Å². The molecule has 33 heavy (non-hydrogen) atoms. The van der Waals surface area contributed by atoms with E-state index < -0.39 is 0 Å². The molecule has 0 aliphatic carbocycles. The zero-order valence-corrected chi connectivity index (χ0v) is 20.6. The number of likely N-dealkylation sites (N-methyl/N-ethyl adjacent to an activating group) is 1. The Bertz CT molecular complexity index is 1170. The fraction of sp³-hybridized carbons (Fsp3) is 0.300. The molecule has 4 rings (SSSR count). The second-order valence-corrected chi connectivity index (χ2v) is 9.89. The molecule has 1 aliphatic heterocycles. The van der Waals surface area contributed by atoms with Crippen molar-refractivity contribution in [3.05, 3.63) is 95.7 Å². The maximum Gasteiger partial charge on any atom is 0.127 e. The predicted octanol–water partition coefficient (Wildman–Crippen LogP) is 8.18. The van der Waals surface area contributed by atoms with Crippen molar-refractivity contribution < 1.29 is 4.74 Å². The van der Waals surface area contributed by atoms with Gasteiger partial charge in [-0.3, -0.25) is 4.99 Å². The van der Waals surface area contributed by atoms with Gasteiger partial charge in [0.05, 0.1) is 5.69 Å². The minimum atomic E-state index is -0.0447. The lowest BCUT2D eigenvalue weighted by Gasteiger charge is -2.23. The van der Waals surface area contributed by atoms with Crippen LogP contribution in [0.1, 0.15) is 52.2 Å². The highest BCUT2D eigenvalue weighted by atomic mass is 16.5. The molecule has 1 heterocycles. The van der Waals surface area contributed by atoms with E-state index in [0.717, 1.165) is 23.6 Å². The maximum atomic E-state index is 6.03. The smallest absolute Gasteiger partial charge is 0.127 e. The summed E-state index contributed by atoms with van der Waals surface area (Å²) in [5.74, 6) is 1.65. The summed E-state index contributed by atoms with van der Waals surface area (Å²) >= 11 is 0. The number of ether oxygens (including phenoxy) is 1. The number of nitrogens with zero attached hydrogens (tertiary/aromatic N) is 2. The third-order valence-corrected chi connectivity index (χ3v) is 6.99. The Morgan fingerprint density at radius 3 is 2.12 bits per heavy atom. The van der Waals surface area contributed by atoms with Crippen LogP contribution in [0.5, 0.6) is 11.5 Å². The number of hydrogen-bond acceptors (Lipinski definition) is 3. The Labute approximate surface area is 198 Å². The number of fused-ring (bicyclic) bond motifs is 1. The van der Waals surface area contributed by atoms with E-state index >= 15 is 0 Å². The van der Waals surface area contributed by atoms with Gasteiger partial charge in [0.25, 0.3) is 0 Å². The minimum absolute atomic E-state index is 0.0447. The first kappa shape index (κ1) is 22.8. The summed E-state index contributed by atoms with van der Waals surface area (Å²) in [5, 5.41) is 0. The SMILES string of the molecule is CCC(C)(C)c1ccc(Oc2ccc(N=C/C=C3\N(C)c4ccccc4C3(C)C)cc2)cc1. The van der Waals surface area contributed by atoms with Crippen molar-refractivity contribution in [2.24, 2.45) is 4.99 Å². The zero-order chi connectivity index (χ0) is 23.6. The number of para-hydroxylation sites is 1. The maximum absolute atomic E-state index is 6.03. The van der Waals surface area contributed by atoms with Crippen molar-refractivity contribution in [1.82, 2.24) is 0 Å². The van der Waals surface area contributed by atoms with Crippen LogP contribution >= 0.6 is 0 Å². The lowest BCUT2D eigenvalue weighted by Crippen LogP contribution is -2.22. The van der Waals surface area contributed by atoms with Crippen LogP contribution in [0.25, 0.3) is 0 Å². The number of rotatable bonds is 6. The fourth-order valence-electron chi connectivity index (χ4n) is 4.41. The van der Waals surface area contributed by atoms with Crippen LogP contribution in [0.3, 0.4) is 0 Å². The first-order valence-electron chi connectivity index (χ1n) is 11.7. The van der Waals surface area contributed by atoms with Crippen molar-refractivity contribution in [3.63, 3.8) is 0 Å². The van der Waals surface area contributed by atoms with Gasteiger partial charge >= 0.3 is 0 Å². The van der Waals surface area contributed by atoms with Gasteiger partial charge in [-0.1, -0.05) is 65.0 Å². The van der Waals surface area contributed by atoms with Crippen LogP contribution in [0, 0.1) is 0 Å². The quantitative estimate of drug-likeness (QED) is 0.362. The summed E-state index contributed by atoms with van der Waals surface area (Å²) in [7, 11) is 2.12. The highest BCUT2D eigenvalue weighted by Gasteiger charge is 2.37. The molecule has 3 aromatic rings. The first-order valence-corrected chi connectivity index (χ1v) is 11.7. The molecule has 170 valence electrons. The van der Waals surface area contributed by atoms with Crippen LogP contribution < -0.4 is 9.64 Å². The van der Waals surface area contributed by atoms with Crippen LogP contribution in [0.2, 0.25) is 0 Å². The normalized spacial score (nSPS) is 16.4. The summed E-state index contributed by atoms with van der Waals surface area (Å²) in [6, 6.07) is 24.9. The molecule has 0 amide bonds. The zero-order valence-electron chi connectivity index (χ0n) is 20.6. The molecule has 0 aromatic heterocycles. The Balaban J connectivity index is 1.43. The molecule has 0 radical (unpaired) electrons. The standard InChI is InChI=1S/C30H34N2O/c1-7-29(2,3)22-12-16-24(17-13-22)33-25-18-14-23(15-19-25)31-21-20-28-30(4,5)26-10-8-9-11-27(26)32(28)6/h8-21H,7H2,1-6H3/b28-20-,31-21?. The van der Waals surface area contributed by atoms with Crippen LogP contribution in [-0.4, -0.2) is 13.3 Å². The summed E-state index contributed by atoms with van der Waals surface area (Å²) < 4.78 is 6.03. The Hall–Kier alpha value is -3.33. The second-order valence-electron chi connectivity index (χ2n) is 9.89. The highest BCUT2D eigenvalue weighted by Crippen LogP contribution is 2.46. The molecular formula is C30H34N2O. The molecule has 3 aromatic carbocycles. The van der Waals surface area contributed by atoms with Gasteiger partial charge in [0.15, 0.2) is 0 Å². The Kier molecular flexibility index (Phi) is 6.16. The molecule has 0 spiro atoms. The van der Waals surface area contributed by atoms with Crippen molar-refractivity contribution in [2.75, 3.05) is 11.9 Å². The highest BCUT2D eigenvalue weighted by molar-refractivity contribution is 5.80. The van der Waals surface area contributed by atoms with Gasteiger partial charge in [-0.05, 0) is 71.5 Å². The minimum Gasteiger partial charge on any atom is -0.457 e. The summed E-state index contributed by atoms with van der Waals surface area (Å²) in [5.41, 5.74) is 6.21. The fourth-order valence-corrected chi connectivity index (χ4v) is 4.41. The van der Waals surface area contributed by atoms with Crippen LogP contribution in [0.4, 0.5) is 11.4 Å². The van der Waals surface area contributed by atoms with E-state index in [1.807, 2.05) is 42.6 Å². The van der Waals surface area contributed by atoms with Crippen molar-refractivity contribution in [3.8, 4) is 11.5 Å². The molecule has 3 nitrogen and oxygen atoms in total. The summed E-state index contributed by atoms with van der Waals surface area (Å²) in [6.07, 6.45) is 5.11. The Morgan fingerprint density at radius 1 is 0.909 bits per heavy atom. The molecule has 0 atom stereocenters. The summed E-state index contributed by atoms with van der Waals surface area (Å²) in [4.78, 5) is 6.90. The van der Waals surface area contributed by atoms with Gasteiger partial charge < -0.3 is 9.64 Å². The molecule has 0 fully saturated rings. The second kappa shape index (κ2) is 8.90. The molecule has 3 heteroatoms. The number of hydrogen-bond donors (Lipinski definition) is 0. The average molecular weight is 439 g/mol. The van der Waals surface area contributed by atoms with Crippen molar-refractivity contribution >= 4 is 17.6 Å². The third kappa shape index (κ3) is 4.59. The first-order chi connectivity index (χ1) is 15.7. The van der Waals surface area contributed by atoms with Crippen LogP contribution in [-0.2, 0) is 10.8 Å². The van der Waals surface area contributed by atoms with E-state index in [9.17, 15) is 0 Å². The van der Waals surface area contributed by atoms with E-state index in [2.05, 4.69) is 94.0 Å². The van der Waals surface area contributed by atoms with Gasteiger partial charge in [0.2, 0.25) is 0 Å². The van der Waals surface area contributed by atoms with Gasteiger partial charge in [0, 0.05) is 30.1 Å². The van der Waals surface area contributed by atoms with Crippen LogP contribution in [0.15, 0.2) is 89.6 Å². The largest absolute Gasteiger partial charge is 0.457 e. The lowest BCUT2D eigenvalue weighted by atomic mass is 9.82. The molecule has 0 unspecified atom stereocenters. The number of aliphatic imine (C=N–C) groups is 1. The monoisotopic (exact) mass is 438 g/mol. The van der Waals surface area contributed by atoms with Crippen molar-refractivity contribution in [1.29, 1.82) is 0 Å².